The zero-order chi connectivity index (χ0) is 54.8. The number of anilines is 2. The van der Waals surface area contributed by atoms with Crippen LogP contribution in [-0.4, -0.2) is 96.9 Å². The van der Waals surface area contributed by atoms with Gasteiger partial charge in [0.05, 0.1) is 0 Å². The Bertz CT molecular complexity index is 2950. The summed E-state index contributed by atoms with van der Waals surface area (Å²) in [6.07, 6.45) is 6.88. The molecular weight excluding hydrogens is 991 g/mol. The fraction of sp³-hybridized carbons (Fsp3) is 0.403. The summed E-state index contributed by atoms with van der Waals surface area (Å²) < 4.78 is 26.4. The first kappa shape index (κ1) is 55.0. The predicted octanol–water partition coefficient (Wildman–Crippen LogP) is 11.9. The van der Waals surface area contributed by atoms with Crippen LogP contribution in [-0.2, 0) is 25.6 Å². The van der Waals surface area contributed by atoms with E-state index >= 15 is 0 Å². The van der Waals surface area contributed by atoms with Gasteiger partial charge >= 0.3 is 0 Å². The van der Waals surface area contributed by atoms with Crippen molar-refractivity contribution in [3.05, 3.63) is 202 Å². The number of amides is 4. The molecule has 4 fully saturated rings. The number of hydrogen-bond acceptors (Lipinski definition) is 6. The maximum absolute atomic E-state index is 14.6. The summed E-state index contributed by atoms with van der Waals surface area (Å²) in [7, 11) is 0. The van der Waals surface area contributed by atoms with Crippen molar-refractivity contribution >= 4 is 35.0 Å². The third-order valence-electron chi connectivity index (χ3n) is 17.5. The minimum atomic E-state index is -2.51. The summed E-state index contributed by atoms with van der Waals surface area (Å²) in [4.78, 5) is 65.8. The van der Waals surface area contributed by atoms with Crippen LogP contribution in [0.25, 0.3) is 0 Å². The Balaban J connectivity index is 0.749. The topological polar surface area (TPSA) is 105 Å². The van der Waals surface area contributed by atoms with Gasteiger partial charge in [-0.25, -0.2) is 8.78 Å². The van der Waals surface area contributed by atoms with Crippen molar-refractivity contribution < 1.29 is 28.0 Å². The predicted molar refractivity (Wildman–Crippen MR) is 310 cm³/mol. The molecule has 1 unspecified atom stereocenters. The van der Waals surface area contributed by atoms with E-state index in [-0.39, 0.29) is 53.9 Å². The van der Waals surface area contributed by atoms with Crippen LogP contribution in [0.1, 0.15) is 140 Å². The molecule has 0 bridgehead atoms. The van der Waals surface area contributed by atoms with E-state index < -0.39 is 17.5 Å². The van der Waals surface area contributed by atoms with Crippen molar-refractivity contribution in [3.8, 4) is 0 Å². The Kier molecular flexibility index (Phi) is 17.5. The van der Waals surface area contributed by atoms with Crippen LogP contribution in [0.4, 0.5) is 20.2 Å². The summed E-state index contributed by atoms with van der Waals surface area (Å²) >= 11 is 0. The molecule has 2 saturated carbocycles. The standard InChI is InChI=1S/C67H76F2N6O4/c1-49-45-58(73-39-43-75(44-40-73)65(79)67(35-15-6-16-36-67)70-61(76)47-59(51-17-7-2-8-18-51)52-19-9-3-10-20-52)32-29-56(49)46-50-23-25-54(26-24-50)60(53-21-11-4-12-22-53)48-62(77)71-66(33-13-5-14-34-66)64(78)74-41-37-72(38-42-74)57-30-27-55(28-31-57)63(68)69/h2-4,7-12,17-32,45,59-60,63H,5-6,13-16,33-44,46-48H2,1H3,(H,70,76)(H,71,77). The number of aryl methyl sites for hydroxylation is 1. The van der Waals surface area contributed by atoms with Gasteiger partial charge in [0.2, 0.25) is 23.6 Å². The Morgan fingerprint density at radius 1 is 0.456 bits per heavy atom. The van der Waals surface area contributed by atoms with Crippen molar-refractivity contribution in [1.82, 2.24) is 20.4 Å². The maximum Gasteiger partial charge on any atom is 0.263 e. The number of carbonyl (C=O) groups excluding carboxylic acids is 4. The molecule has 0 radical (unpaired) electrons. The largest absolute Gasteiger partial charge is 0.368 e. The minimum absolute atomic E-state index is 0.00595. The van der Waals surface area contributed by atoms with Gasteiger partial charge in [-0.3, -0.25) is 19.2 Å². The Morgan fingerprint density at radius 3 is 1.24 bits per heavy atom. The van der Waals surface area contributed by atoms with E-state index in [0.717, 1.165) is 78.6 Å². The van der Waals surface area contributed by atoms with Gasteiger partial charge in [-0.15, -0.1) is 0 Å². The van der Waals surface area contributed by atoms with E-state index in [2.05, 4.69) is 106 Å². The van der Waals surface area contributed by atoms with Gasteiger partial charge in [-0.05, 0) is 102 Å². The molecular formula is C67H76F2N6O4. The van der Waals surface area contributed by atoms with Gasteiger partial charge in [-0.1, -0.05) is 172 Å². The van der Waals surface area contributed by atoms with Crippen LogP contribution < -0.4 is 20.4 Å². The fourth-order valence-electron chi connectivity index (χ4n) is 12.9. The van der Waals surface area contributed by atoms with E-state index in [1.54, 1.807) is 12.1 Å². The molecule has 4 aliphatic rings. The van der Waals surface area contributed by atoms with E-state index in [1.165, 1.54) is 28.8 Å². The van der Waals surface area contributed by atoms with Crippen LogP contribution in [0.2, 0.25) is 0 Å². The molecule has 412 valence electrons. The highest BCUT2D eigenvalue weighted by Crippen LogP contribution is 2.36. The van der Waals surface area contributed by atoms with Gasteiger partial charge < -0.3 is 30.2 Å². The van der Waals surface area contributed by atoms with Crippen LogP contribution in [0.15, 0.2) is 158 Å². The highest BCUT2D eigenvalue weighted by molar-refractivity contribution is 5.93. The minimum Gasteiger partial charge on any atom is -0.368 e. The summed E-state index contributed by atoms with van der Waals surface area (Å²) in [5.41, 5.74) is 7.98. The smallest absolute Gasteiger partial charge is 0.263 e. The number of nitrogens with one attached hydrogen (secondary N) is 2. The van der Waals surface area contributed by atoms with Crippen molar-refractivity contribution in [3.63, 3.8) is 0 Å². The van der Waals surface area contributed by atoms with Crippen LogP contribution in [0.5, 0.6) is 0 Å². The number of benzene rings is 6. The number of halogens is 2. The molecule has 1 atom stereocenters. The van der Waals surface area contributed by atoms with Crippen LogP contribution in [0, 0.1) is 6.92 Å². The molecule has 12 heteroatoms. The van der Waals surface area contributed by atoms with Crippen molar-refractivity contribution in [1.29, 1.82) is 0 Å². The highest BCUT2D eigenvalue weighted by atomic mass is 19.3. The first-order chi connectivity index (χ1) is 38.5. The molecule has 2 aliphatic carbocycles. The normalized spacial score (nSPS) is 17.8. The van der Waals surface area contributed by atoms with Gasteiger partial charge in [-0.2, -0.15) is 0 Å². The van der Waals surface area contributed by atoms with E-state index in [9.17, 15) is 28.0 Å². The average molecular weight is 1070 g/mol. The summed E-state index contributed by atoms with van der Waals surface area (Å²) in [5.74, 6) is -0.517. The van der Waals surface area contributed by atoms with Gasteiger partial charge in [0.15, 0.2) is 0 Å². The second-order valence-electron chi connectivity index (χ2n) is 22.6. The Morgan fingerprint density at radius 2 is 0.835 bits per heavy atom. The van der Waals surface area contributed by atoms with Gasteiger partial charge in [0.25, 0.3) is 6.43 Å². The molecule has 0 aromatic heterocycles. The molecule has 0 spiro atoms. The summed E-state index contributed by atoms with van der Waals surface area (Å²) in [5, 5.41) is 6.68. The number of rotatable bonds is 17. The molecule has 2 aliphatic heterocycles. The zero-order valence-electron chi connectivity index (χ0n) is 45.8. The second kappa shape index (κ2) is 25.2. The first-order valence-corrected chi connectivity index (χ1v) is 28.9. The summed E-state index contributed by atoms with van der Waals surface area (Å²) in [6, 6.07) is 52.1. The molecule has 10 rings (SSSR count). The maximum atomic E-state index is 14.6. The zero-order valence-corrected chi connectivity index (χ0v) is 45.8. The molecule has 6 aromatic carbocycles. The van der Waals surface area contributed by atoms with Gasteiger partial charge in [0, 0.05) is 94.0 Å². The monoisotopic (exact) mass is 1070 g/mol. The van der Waals surface area contributed by atoms with Crippen LogP contribution in [0.3, 0.4) is 0 Å². The Hall–Kier alpha value is -7.34. The lowest BCUT2D eigenvalue weighted by Crippen LogP contribution is -2.63. The quantitative estimate of drug-likeness (QED) is 0.0943. The summed E-state index contributed by atoms with van der Waals surface area (Å²) in [6.45, 7) is 6.93. The third kappa shape index (κ3) is 13.1. The van der Waals surface area contributed by atoms with Crippen molar-refractivity contribution in [2.75, 3.05) is 62.2 Å². The number of carbonyl (C=O) groups is 4. The van der Waals surface area contributed by atoms with Crippen molar-refractivity contribution in [2.45, 2.75) is 120 Å². The number of hydrogen-bond donors (Lipinski definition) is 2. The molecule has 2 N–H and O–H groups in total. The molecule has 4 amide bonds. The highest BCUT2D eigenvalue weighted by Gasteiger charge is 2.46. The lowest BCUT2D eigenvalue weighted by atomic mass is 9.79. The first-order valence-electron chi connectivity index (χ1n) is 28.9. The molecule has 79 heavy (non-hydrogen) atoms. The lowest BCUT2D eigenvalue weighted by molar-refractivity contribution is -0.144. The van der Waals surface area contributed by atoms with Crippen LogP contribution >= 0.6 is 0 Å². The molecule has 2 heterocycles. The Labute approximate surface area is 465 Å². The van der Waals surface area contributed by atoms with E-state index in [4.69, 9.17) is 0 Å². The second-order valence-corrected chi connectivity index (χ2v) is 22.6. The van der Waals surface area contributed by atoms with Crippen molar-refractivity contribution in [2.24, 2.45) is 0 Å². The average Bonchev–Trinajstić information content (AvgIpc) is 3.50. The van der Waals surface area contributed by atoms with Gasteiger partial charge in [0.1, 0.15) is 11.1 Å². The molecule has 2 saturated heterocycles. The third-order valence-corrected chi connectivity index (χ3v) is 17.5. The van der Waals surface area contributed by atoms with E-state index in [1.807, 2.05) is 64.4 Å². The SMILES string of the molecule is Cc1cc(N2CCN(C(=O)C3(NC(=O)CC(c4ccccc4)c4ccccc4)CCCCC3)CC2)ccc1Cc1ccc(C(CC(=O)NC2(C(=O)N3CCN(c4ccc(C(F)F)cc4)CC3)CCCCC2)c2ccccc2)cc1. The lowest BCUT2D eigenvalue weighted by Gasteiger charge is -2.44. The number of nitrogens with zero attached hydrogens (tertiary/aromatic N) is 4. The number of piperazine rings is 2. The fourth-order valence-corrected chi connectivity index (χ4v) is 12.9. The number of alkyl halides is 2. The molecule has 6 aromatic rings. The molecule has 10 nitrogen and oxygen atoms in total. The van der Waals surface area contributed by atoms with E-state index in [0.29, 0.717) is 78.0 Å².